The van der Waals surface area contributed by atoms with Gasteiger partial charge in [-0.15, -0.1) is 0 Å². The lowest BCUT2D eigenvalue weighted by atomic mass is 10.1. The zero-order valence-electron chi connectivity index (χ0n) is 22.1. The van der Waals surface area contributed by atoms with Crippen LogP contribution in [0.3, 0.4) is 0 Å². The van der Waals surface area contributed by atoms with Crippen LogP contribution in [0.2, 0.25) is 0 Å². The van der Waals surface area contributed by atoms with Gasteiger partial charge >= 0.3 is 12.1 Å². The molecule has 0 bridgehead atoms. The molecule has 1 aromatic heterocycles. The fourth-order valence-corrected chi connectivity index (χ4v) is 4.65. The second-order valence-electron chi connectivity index (χ2n) is 9.08. The molecule has 0 spiro atoms. The van der Waals surface area contributed by atoms with Crippen LogP contribution in [0, 0.1) is 0 Å². The van der Waals surface area contributed by atoms with Gasteiger partial charge in [0.05, 0.1) is 43.6 Å². The molecule has 1 aliphatic heterocycles. The third kappa shape index (κ3) is 5.90. The molecular weight excluding hydrogens is 517 g/mol. The number of ether oxygens (including phenoxy) is 3. The van der Waals surface area contributed by atoms with Gasteiger partial charge in [0.2, 0.25) is 5.91 Å². The Morgan fingerprint density at radius 2 is 1.72 bits per heavy atom. The first-order chi connectivity index (χ1) is 18.6. The summed E-state index contributed by atoms with van der Waals surface area (Å²) < 4.78 is 55.3. The summed E-state index contributed by atoms with van der Waals surface area (Å²) in [5.41, 5.74) is 0.707. The minimum Gasteiger partial charge on any atom is -0.493 e. The highest BCUT2D eigenvalue weighted by atomic mass is 19.4. The molecule has 1 aliphatic rings. The van der Waals surface area contributed by atoms with Crippen LogP contribution < -0.4 is 19.7 Å². The molecule has 0 unspecified atom stereocenters. The number of hydrogen-bond acceptors (Lipinski definition) is 7. The van der Waals surface area contributed by atoms with E-state index in [1.54, 1.807) is 32.0 Å². The fourth-order valence-electron chi connectivity index (χ4n) is 4.65. The number of carbonyl (C=O) groups excluding carboxylic acids is 2. The Kier molecular flexibility index (Phi) is 8.24. The number of hydrogen-bond donors (Lipinski definition) is 2. The zero-order chi connectivity index (χ0) is 28.3. The highest BCUT2D eigenvalue weighted by Gasteiger charge is 2.32. The summed E-state index contributed by atoms with van der Waals surface area (Å²) in [6.45, 7) is 5.43. The van der Waals surface area contributed by atoms with Crippen LogP contribution in [0.5, 0.6) is 11.5 Å². The van der Waals surface area contributed by atoms with Gasteiger partial charge in [-0.05, 0) is 38.1 Å². The van der Waals surface area contributed by atoms with Crippen LogP contribution in [-0.2, 0) is 15.7 Å². The zero-order valence-corrected chi connectivity index (χ0v) is 22.1. The van der Waals surface area contributed by atoms with E-state index in [2.05, 4.69) is 10.3 Å². The number of fused-ring (bicyclic) bond motifs is 1. The number of aromatic nitrogens is 1. The van der Waals surface area contributed by atoms with Crippen LogP contribution in [-0.4, -0.2) is 74.8 Å². The number of halogens is 3. The van der Waals surface area contributed by atoms with Crippen LogP contribution in [0.4, 0.5) is 24.5 Å². The van der Waals surface area contributed by atoms with Crippen molar-refractivity contribution < 1.29 is 37.0 Å². The summed E-state index contributed by atoms with van der Waals surface area (Å²) in [6, 6.07) is 8.00. The van der Waals surface area contributed by atoms with E-state index < -0.39 is 23.8 Å². The molecule has 2 N–H and O–H groups in total. The topological polar surface area (TPSA) is 96.1 Å². The summed E-state index contributed by atoms with van der Waals surface area (Å²) >= 11 is 0. The molecule has 12 heteroatoms. The second kappa shape index (κ2) is 11.4. The van der Waals surface area contributed by atoms with Crippen molar-refractivity contribution in [1.82, 2.24) is 9.88 Å². The van der Waals surface area contributed by atoms with Gasteiger partial charge in [0.1, 0.15) is 5.69 Å². The van der Waals surface area contributed by atoms with E-state index >= 15 is 0 Å². The maximum absolute atomic E-state index is 13.4. The number of anilines is 2. The minimum absolute atomic E-state index is 0.0945. The molecule has 2 aromatic carbocycles. The van der Waals surface area contributed by atoms with E-state index in [0.29, 0.717) is 54.3 Å². The standard InChI is InChI=1S/C27H31F3N4O5/c1-5-39-26(36)24-23(19-14-21(37-3)22(38-4)15-20(19)31-24)32-25(35)16(2)33-9-11-34(12-10-33)18-8-6-7-17(13-18)27(28,29)30/h6-8,13-16,31H,5,9-12H2,1-4H3,(H,32,35)/t16-/m0/s1. The number of carbonyl (C=O) groups is 2. The van der Waals surface area contributed by atoms with Crippen molar-refractivity contribution in [2.45, 2.75) is 26.1 Å². The molecule has 4 rings (SSSR count). The number of H-pyrrole nitrogens is 1. The lowest BCUT2D eigenvalue weighted by molar-refractivity contribution is -0.137. The number of amides is 1. The molecule has 3 aromatic rings. The summed E-state index contributed by atoms with van der Waals surface area (Å²) in [5.74, 6) is -0.0896. The maximum Gasteiger partial charge on any atom is 0.416 e. The summed E-state index contributed by atoms with van der Waals surface area (Å²) in [6.07, 6.45) is -4.41. The largest absolute Gasteiger partial charge is 0.493 e. The molecule has 1 fully saturated rings. The average molecular weight is 549 g/mol. The van der Waals surface area contributed by atoms with Gasteiger partial charge in [0.25, 0.3) is 0 Å². The Bertz CT molecular complexity index is 1350. The van der Waals surface area contributed by atoms with Gasteiger partial charge in [0, 0.05) is 43.3 Å². The van der Waals surface area contributed by atoms with Crippen LogP contribution in [0.25, 0.3) is 10.9 Å². The molecule has 1 saturated heterocycles. The number of nitrogens with one attached hydrogen (secondary N) is 2. The number of rotatable bonds is 8. The van der Waals surface area contributed by atoms with Crippen molar-refractivity contribution in [3.63, 3.8) is 0 Å². The van der Waals surface area contributed by atoms with Crippen LogP contribution in [0.15, 0.2) is 36.4 Å². The first-order valence-electron chi connectivity index (χ1n) is 12.5. The maximum atomic E-state index is 13.4. The van der Waals surface area contributed by atoms with Crippen molar-refractivity contribution >= 4 is 34.2 Å². The SMILES string of the molecule is CCOC(=O)c1[nH]c2cc(OC)c(OC)cc2c1NC(=O)[C@H](C)N1CCN(c2cccc(C(F)(F)F)c2)CC1. The fraction of sp³-hybridized carbons (Fsp3) is 0.407. The highest BCUT2D eigenvalue weighted by molar-refractivity contribution is 6.12. The quantitative estimate of drug-likeness (QED) is 0.400. The third-order valence-electron chi connectivity index (χ3n) is 6.81. The van der Waals surface area contributed by atoms with Crippen LogP contribution in [0.1, 0.15) is 29.9 Å². The normalized spacial score (nSPS) is 15.2. The van der Waals surface area contributed by atoms with Crippen molar-refractivity contribution in [1.29, 1.82) is 0 Å². The Labute approximate surface area is 223 Å². The molecular formula is C27H31F3N4O5. The van der Waals surface area contributed by atoms with Crippen molar-refractivity contribution in [3.05, 3.63) is 47.7 Å². The van der Waals surface area contributed by atoms with Gasteiger partial charge < -0.3 is 29.4 Å². The number of alkyl halides is 3. The predicted octanol–water partition coefficient (Wildman–Crippen LogP) is 4.53. The van der Waals surface area contributed by atoms with E-state index in [0.717, 1.165) is 12.1 Å². The number of esters is 1. The predicted molar refractivity (Wildman–Crippen MR) is 141 cm³/mol. The Morgan fingerprint density at radius 3 is 2.33 bits per heavy atom. The number of methoxy groups -OCH3 is 2. The van der Waals surface area contributed by atoms with Gasteiger partial charge in [-0.25, -0.2) is 4.79 Å². The molecule has 0 saturated carbocycles. The molecule has 1 atom stereocenters. The molecule has 9 nitrogen and oxygen atoms in total. The molecule has 210 valence electrons. The summed E-state index contributed by atoms with van der Waals surface area (Å²) in [7, 11) is 2.98. The third-order valence-corrected chi connectivity index (χ3v) is 6.81. The number of benzene rings is 2. The smallest absolute Gasteiger partial charge is 0.416 e. The van der Waals surface area contributed by atoms with Crippen LogP contribution >= 0.6 is 0 Å². The second-order valence-corrected chi connectivity index (χ2v) is 9.08. The van der Waals surface area contributed by atoms with Gasteiger partial charge in [0.15, 0.2) is 11.5 Å². The van der Waals surface area contributed by atoms with Gasteiger partial charge in [-0.1, -0.05) is 6.07 Å². The molecule has 39 heavy (non-hydrogen) atoms. The van der Waals surface area contributed by atoms with E-state index in [-0.39, 0.29) is 23.9 Å². The monoisotopic (exact) mass is 548 g/mol. The van der Waals surface area contributed by atoms with Crippen molar-refractivity contribution in [2.75, 3.05) is 57.2 Å². The summed E-state index contributed by atoms with van der Waals surface area (Å²) in [4.78, 5) is 32.9. The van der Waals surface area contributed by atoms with Gasteiger partial charge in [-0.3, -0.25) is 9.69 Å². The molecule has 0 aliphatic carbocycles. The Balaban J connectivity index is 1.51. The highest BCUT2D eigenvalue weighted by Crippen LogP contribution is 2.38. The van der Waals surface area contributed by atoms with Crippen molar-refractivity contribution in [2.24, 2.45) is 0 Å². The Hall–Kier alpha value is -3.93. The number of piperazine rings is 1. The van der Waals surface area contributed by atoms with E-state index in [1.807, 2.05) is 9.80 Å². The van der Waals surface area contributed by atoms with E-state index in [4.69, 9.17) is 14.2 Å². The molecule has 0 radical (unpaired) electrons. The van der Waals surface area contributed by atoms with Gasteiger partial charge in [-0.2, -0.15) is 13.2 Å². The minimum atomic E-state index is -4.41. The summed E-state index contributed by atoms with van der Waals surface area (Å²) in [5, 5.41) is 3.42. The number of aromatic amines is 1. The molecule has 1 amide bonds. The molecule has 2 heterocycles. The van der Waals surface area contributed by atoms with E-state index in [9.17, 15) is 22.8 Å². The lowest BCUT2D eigenvalue weighted by Crippen LogP contribution is -2.52. The first kappa shape index (κ1) is 28.1. The van der Waals surface area contributed by atoms with Crippen molar-refractivity contribution in [3.8, 4) is 11.5 Å². The average Bonchev–Trinajstić information content (AvgIpc) is 3.28. The lowest BCUT2D eigenvalue weighted by Gasteiger charge is -2.38. The van der Waals surface area contributed by atoms with E-state index in [1.165, 1.54) is 20.3 Å². The Morgan fingerprint density at radius 1 is 1.05 bits per heavy atom. The number of nitrogens with zero attached hydrogens (tertiary/aromatic N) is 2. The first-order valence-corrected chi connectivity index (χ1v) is 12.5.